The number of nitrogens with zero attached hydrogens (tertiary/aromatic N) is 1. The quantitative estimate of drug-likeness (QED) is 0.866. The summed E-state index contributed by atoms with van der Waals surface area (Å²) in [5.74, 6) is 0. The minimum atomic E-state index is 0.594. The number of aryl methyl sites for hydroxylation is 1. The SMILES string of the molecule is Cc1ccc(CNc2cc(C#N)ccc2Cl)cc1Br. The molecule has 0 fully saturated rings. The fourth-order valence-corrected chi connectivity index (χ4v) is 2.28. The lowest BCUT2D eigenvalue weighted by Gasteiger charge is -2.10. The first-order valence-electron chi connectivity index (χ1n) is 5.78. The number of halogens is 2. The van der Waals surface area contributed by atoms with Crippen molar-refractivity contribution in [3.8, 4) is 6.07 Å². The van der Waals surface area contributed by atoms with Crippen LogP contribution in [-0.4, -0.2) is 0 Å². The average molecular weight is 336 g/mol. The molecule has 0 aliphatic rings. The zero-order valence-corrected chi connectivity index (χ0v) is 12.7. The van der Waals surface area contributed by atoms with Gasteiger partial charge in [0, 0.05) is 11.0 Å². The highest BCUT2D eigenvalue weighted by molar-refractivity contribution is 9.10. The normalized spacial score (nSPS) is 10.0. The molecule has 2 aromatic rings. The van der Waals surface area contributed by atoms with Gasteiger partial charge in [-0.15, -0.1) is 0 Å². The molecule has 0 aliphatic heterocycles. The Labute approximate surface area is 126 Å². The summed E-state index contributed by atoms with van der Waals surface area (Å²) in [5.41, 5.74) is 3.72. The average Bonchev–Trinajstić information content (AvgIpc) is 2.41. The van der Waals surface area contributed by atoms with Crippen LogP contribution in [0.5, 0.6) is 0 Å². The van der Waals surface area contributed by atoms with Gasteiger partial charge in [0.15, 0.2) is 0 Å². The maximum atomic E-state index is 8.88. The zero-order chi connectivity index (χ0) is 13.8. The van der Waals surface area contributed by atoms with E-state index in [-0.39, 0.29) is 0 Å². The molecule has 0 spiro atoms. The molecule has 0 saturated heterocycles. The van der Waals surface area contributed by atoms with Crippen LogP contribution in [0.3, 0.4) is 0 Å². The number of hydrogen-bond donors (Lipinski definition) is 1. The third-order valence-electron chi connectivity index (χ3n) is 2.81. The molecule has 0 aromatic heterocycles. The Morgan fingerprint density at radius 2 is 2.05 bits per heavy atom. The maximum absolute atomic E-state index is 8.88. The largest absolute Gasteiger partial charge is 0.380 e. The lowest BCUT2D eigenvalue weighted by Crippen LogP contribution is -2.00. The van der Waals surface area contributed by atoms with Crippen LogP contribution in [0.1, 0.15) is 16.7 Å². The molecule has 0 atom stereocenters. The summed E-state index contributed by atoms with van der Waals surface area (Å²) in [6.45, 7) is 2.71. The van der Waals surface area contributed by atoms with Crippen molar-refractivity contribution >= 4 is 33.2 Å². The second-order valence-electron chi connectivity index (χ2n) is 4.24. The molecule has 0 bridgehead atoms. The first-order chi connectivity index (χ1) is 9.10. The van der Waals surface area contributed by atoms with Gasteiger partial charge in [0.1, 0.15) is 0 Å². The highest BCUT2D eigenvalue weighted by Crippen LogP contribution is 2.24. The summed E-state index contributed by atoms with van der Waals surface area (Å²) >= 11 is 9.61. The molecule has 0 saturated carbocycles. The van der Waals surface area contributed by atoms with Gasteiger partial charge in [-0.2, -0.15) is 5.26 Å². The van der Waals surface area contributed by atoms with E-state index < -0.39 is 0 Å². The molecule has 0 radical (unpaired) electrons. The summed E-state index contributed by atoms with van der Waals surface area (Å²) in [7, 11) is 0. The topological polar surface area (TPSA) is 35.8 Å². The molecule has 1 N–H and O–H groups in total. The van der Waals surface area contributed by atoms with Gasteiger partial charge in [-0.3, -0.25) is 0 Å². The zero-order valence-electron chi connectivity index (χ0n) is 10.4. The molecule has 0 unspecified atom stereocenters. The predicted octanol–water partition coefficient (Wildman–Crippen LogP) is 4.89. The molecule has 4 heteroatoms. The van der Waals surface area contributed by atoms with Crippen LogP contribution < -0.4 is 5.32 Å². The van der Waals surface area contributed by atoms with Gasteiger partial charge >= 0.3 is 0 Å². The molecule has 0 aliphatic carbocycles. The molecule has 2 nitrogen and oxygen atoms in total. The van der Waals surface area contributed by atoms with Gasteiger partial charge in [0.05, 0.1) is 22.3 Å². The number of nitrogens with one attached hydrogen (secondary N) is 1. The van der Waals surface area contributed by atoms with E-state index in [2.05, 4.69) is 52.4 Å². The summed E-state index contributed by atoms with van der Waals surface area (Å²) in [5, 5.41) is 12.7. The molecular formula is C15H12BrClN2. The van der Waals surface area contributed by atoms with Crippen molar-refractivity contribution < 1.29 is 0 Å². The van der Waals surface area contributed by atoms with Crippen LogP contribution in [0, 0.1) is 18.3 Å². The fourth-order valence-electron chi connectivity index (χ4n) is 1.67. The maximum Gasteiger partial charge on any atom is 0.0992 e. The van der Waals surface area contributed by atoms with Crippen molar-refractivity contribution in [2.45, 2.75) is 13.5 Å². The molecule has 96 valence electrons. The van der Waals surface area contributed by atoms with Crippen molar-refractivity contribution in [1.82, 2.24) is 0 Å². The Morgan fingerprint density at radius 1 is 1.26 bits per heavy atom. The van der Waals surface area contributed by atoms with Crippen LogP contribution >= 0.6 is 27.5 Å². The van der Waals surface area contributed by atoms with E-state index in [0.29, 0.717) is 17.1 Å². The Balaban J connectivity index is 2.14. The van der Waals surface area contributed by atoms with Gasteiger partial charge in [-0.25, -0.2) is 0 Å². The van der Waals surface area contributed by atoms with Crippen molar-refractivity contribution in [2.24, 2.45) is 0 Å². The second kappa shape index (κ2) is 6.10. The third-order valence-corrected chi connectivity index (χ3v) is 4.00. The molecular weight excluding hydrogens is 324 g/mol. The Morgan fingerprint density at radius 3 is 2.74 bits per heavy atom. The third kappa shape index (κ3) is 3.50. The molecule has 2 aromatic carbocycles. The monoisotopic (exact) mass is 334 g/mol. The molecule has 19 heavy (non-hydrogen) atoms. The van der Waals surface area contributed by atoms with Crippen molar-refractivity contribution in [3.05, 3.63) is 62.6 Å². The lowest BCUT2D eigenvalue weighted by atomic mass is 10.1. The molecule has 0 amide bonds. The number of nitriles is 1. The van der Waals surface area contributed by atoms with E-state index >= 15 is 0 Å². The lowest BCUT2D eigenvalue weighted by molar-refractivity contribution is 1.14. The van der Waals surface area contributed by atoms with E-state index in [0.717, 1.165) is 15.7 Å². The molecule has 0 heterocycles. The van der Waals surface area contributed by atoms with Crippen molar-refractivity contribution in [2.75, 3.05) is 5.32 Å². The minimum Gasteiger partial charge on any atom is -0.380 e. The summed E-state index contributed by atoms with van der Waals surface area (Å²) in [4.78, 5) is 0. The van der Waals surface area contributed by atoms with Crippen LogP contribution in [0.15, 0.2) is 40.9 Å². The van der Waals surface area contributed by atoms with E-state index in [1.54, 1.807) is 18.2 Å². The van der Waals surface area contributed by atoms with Gasteiger partial charge in [0.25, 0.3) is 0 Å². The smallest absolute Gasteiger partial charge is 0.0992 e. The van der Waals surface area contributed by atoms with E-state index in [1.165, 1.54) is 5.56 Å². The minimum absolute atomic E-state index is 0.594. The highest BCUT2D eigenvalue weighted by Gasteiger charge is 2.03. The van der Waals surface area contributed by atoms with E-state index in [1.807, 2.05) is 0 Å². The Kier molecular flexibility index (Phi) is 4.47. The van der Waals surface area contributed by atoms with Gasteiger partial charge in [0.2, 0.25) is 0 Å². The summed E-state index contributed by atoms with van der Waals surface area (Å²) in [6.07, 6.45) is 0. The van der Waals surface area contributed by atoms with Gasteiger partial charge in [-0.05, 0) is 42.3 Å². The number of anilines is 1. The van der Waals surface area contributed by atoms with Gasteiger partial charge < -0.3 is 5.32 Å². The van der Waals surface area contributed by atoms with Crippen molar-refractivity contribution in [1.29, 1.82) is 5.26 Å². The van der Waals surface area contributed by atoms with Crippen molar-refractivity contribution in [3.63, 3.8) is 0 Å². The first kappa shape index (κ1) is 13.9. The predicted molar refractivity (Wildman–Crippen MR) is 82.4 cm³/mol. The summed E-state index contributed by atoms with van der Waals surface area (Å²) in [6, 6.07) is 13.5. The Bertz CT molecular complexity index is 647. The number of benzene rings is 2. The number of rotatable bonds is 3. The standard InChI is InChI=1S/C15H12BrClN2/c1-10-2-3-12(6-13(10)16)9-19-15-7-11(8-18)4-5-14(15)17/h2-7,19H,9H2,1H3. The first-order valence-corrected chi connectivity index (χ1v) is 6.96. The van der Waals surface area contributed by atoms with Crippen LogP contribution in [-0.2, 0) is 6.54 Å². The fraction of sp³-hybridized carbons (Fsp3) is 0.133. The number of hydrogen-bond acceptors (Lipinski definition) is 2. The van der Waals surface area contributed by atoms with E-state index in [9.17, 15) is 0 Å². The summed E-state index contributed by atoms with van der Waals surface area (Å²) < 4.78 is 1.09. The van der Waals surface area contributed by atoms with Crippen LogP contribution in [0.4, 0.5) is 5.69 Å². The van der Waals surface area contributed by atoms with Crippen LogP contribution in [0.25, 0.3) is 0 Å². The van der Waals surface area contributed by atoms with Crippen LogP contribution in [0.2, 0.25) is 5.02 Å². The van der Waals surface area contributed by atoms with E-state index in [4.69, 9.17) is 16.9 Å². The highest BCUT2D eigenvalue weighted by atomic mass is 79.9. The van der Waals surface area contributed by atoms with Gasteiger partial charge in [-0.1, -0.05) is 39.7 Å². The Hall–Kier alpha value is -1.50. The molecule has 2 rings (SSSR count). The second-order valence-corrected chi connectivity index (χ2v) is 5.51.